The Hall–Kier alpha value is -4.21. The molecule has 1 fully saturated rings. The second kappa shape index (κ2) is 8.73. The molecule has 10 heteroatoms. The second-order valence-corrected chi connectivity index (χ2v) is 7.68. The first-order valence-electron chi connectivity index (χ1n) is 10.5. The van der Waals surface area contributed by atoms with Crippen LogP contribution in [0.15, 0.2) is 53.6 Å². The van der Waals surface area contributed by atoms with E-state index in [1.165, 1.54) is 0 Å². The van der Waals surface area contributed by atoms with Gasteiger partial charge in [-0.3, -0.25) is 9.36 Å². The number of nitrogens with zero attached hydrogens (tertiary/aromatic N) is 5. The van der Waals surface area contributed by atoms with E-state index in [1.54, 1.807) is 43.6 Å². The van der Waals surface area contributed by atoms with Crippen LogP contribution in [0.1, 0.15) is 40.6 Å². The molecular weight excluding hydrogens is 424 g/mol. The Bertz CT molecular complexity index is 1280. The zero-order chi connectivity index (χ0) is 22.8. The summed E-state index contributed by atoms with van der Waals surface area (Å²) in [5.74, 6) is 3.20. The number of benzene rings is 1. The van der Waals surface area contributed by atoms with Crippen LogP contribution in [0.2, 0.25) is 0 Å². The van der Waals surface area contributed by atoms with E-state index in [-0.39, 0.29) is 11.6 Å². The van der Waals surface area contributed by atoms with Gasteiger partial charge in [0, 0.05) is 24.9 Å². The third kappa shape index (κ3) is 4.40. The predicted molar refractivity (Wildman–Crippen MR) is 117 cm³/mol. The summed E-state index contributed by atoms with van der Waals surface area (Å²) in [5.41, 5.74) is 1.90. The quantitative estimate of drug-likeness (QED) is 0.439. The predicted octanol–water partition coefficient (Wildman–Crippen LogP) is 3.14. The zero-order valence-electron chi connectivity index (χ0n) is 18.2. The van der Waals surface area contributed by atoms with Crippen molar-refractivity contribution in [2.24, 2.45) is 0 Å². The molecule has 4 aromatic rings. The van der Waals surface area contributed by atoms with Crippen molar-refractivity contribution in [2.75, 3.05) is 14.2 Å². The van der Waals surface area contributed by atoms with Gasteiger partial charge in [0.2, 0.25) is 0 Å². The molecule has 0 bridgehead atoms. The minimum absolute atomic E-state index is 0.285. The fourth-order valence-electron chi connectivity index (χ4n) is 3.35. The van der Waals surface area contributed by atoms with E-state index in [0.29, 0.717) is 35.7 Å². The third-order valence-corrected chi connectivity index (χ3v) is 5.36. The average molecular weight is 446 g/mol. The van der Waals surface area contributed by atoms with Gasteiger partial charge < -0.3 is 19.3 Å². The molecule has 0 spiro atoms. The maximum Gasteiger partial charge on any atom is 0.271 e. The fourth-order valence-corrected chi connectivity index (χ4v) is 3.35. The molecule has 1 aromatic carbocycles. The first kappa shape index (κ1) is 20.7. The molecule has 3 heterocycles. The number of carbonyl (C=O) groups excluding carboxylic acids is 1. The second-order valence-electron chi connectivity index (χ2n) is 7.68. The van der Waals surface area contributed by atoms with Gasteiger partial charge >= 0.3 is 0 Å². The maximum absolute atomic E-state index is 12.6. The Morgan fingerprint density at radius 3 is 2.73 bits per heavy atom. The summed E-state index contributed by atoms with van der Waals surface area (Å²) < 4.78 is 17.5. The molecule has 0 aliphatic heterocycles. The Kier molecular flexibility index (Phi) is 5.47. The molecular formula is C23H22N6O4. The number of hydrogen-bond donors (Lipinski definition) is 1. The van der Waals surface area contributed by atoms with E-state index >= 15 is 0 Å². The first-order chi connectivity index (χ1) is 16.1. The highest BCUT2D eigenvalue weighted by atomic mass is 16.5. The summed E-state index contributed by atoms with van der Waals surface area (Å²) in [6.45, 7) is 0.325. The van der Waals surface area contributed by atoms with Gasteiger partial charge in [-0.25, -0.2) is 9.97 Å². The number of ether oxygens (including phenoxy) is 2. The average Bonchev–Trinajstić information content (AvgIpc) is 3.38. The summed E-state index contributed by atoms with van der Waals surface area (Å²) in [6, 6.07) is 9.14. The fraction of sp³-hybridized carbons (Fsp3) is 0.261. The minimum atomic E-state index is -0.293. The Balaban J connectivity index is 1.23. The van der Waals surface area contributed by atoms with E-state index in [0.717, 1.165) is 29.8 Å². The molecule has 1 N–H and O–H groups in total. The van der Waals surface area contributed by atoms with Crippen LogP contribution in [0, 0.1) is 0 Å². The molecule has 1 amide bonds. The van der Waals surface area contributed by atoms with Crippen LogP contribution in [0.3, 0.4) is 0 Å². The standard InChI is InChI=1S/C23H22N6O4/c1-31-18-7-3-14(9-19(18)32-2)10-25-22(30)17-12-29(13-26-17)20-8-6-16(11-24-20)23-27-21(28-33-23)15-4-5-15/h3,6-9,11-13,15H,4-5,10H2,1-2H3,(H,25,30). The number of carbonyl (C=O) groups is 1. The van der Waals surface area contributed by atoms with E-state index in [9.17, 15) is 4.79 Å². The Morgan fingerprint density at radius 1 is 1.15 bits per heavy atom. The molecule has 0 saturated heterocycles. The molecule has 1 saturated carbocycles. The van der Waals surface area contributed by atoms with Crippen LogP contribution < -0.4 is 14.8 Å². The maximum atomic E-state index is 12.6. The Morgan fingerprint density at radius 2 is 2.00 bits per heavy atom. The summed E-state index contributed by atoms with van der Waals surface area (Å²) in [7, 11) is 3.15. The molecule has 0 radical (unpaired) electrons. The van der Waals surface area contributed by atoms with Crippen molar-refractivity contribution in [2.45, 2.75) is 25.3 Å². The van der Waals surface area contributed by atoms with E-state index < -0.39 is 0 Å². The Labute approximate surface area is 189 Å². The number of aromatic nitrogens is 5. The summed E-state index contributed by atoms with van der Waals surface area (Å²) in [6.07, 6.45) is 7.06. The minimum Gasteiger partial charge on any atom is -0.493 e. The lowest BCUT2D eigenvalue weighted by atomic mass is 10.2. The van der Waals surface area contributed by atoms with Crippen molar-refractivity contribution in [3.63, 3.8) is 0 Å². The molecule has 33 heavy (non-hydrogen) atoms. The van der Waals surface area contributed by atoms with E-state index in [4.69, 9.17) is 14.0 Å². The molecule has 5 rings (SSSR count). The van der Waals surface area contributed by atoms with Crippen molar-refractivity contribution in [3.05, 3.63) is 66.1 Å². The number of nitrogens with one attached hydrogen (secondary N) is 1. The normalized spacial score (nSPS) is 13.0. The monoisotopic (exact) mass is 446 g/mol. The number of hydrogen-bond acceptors (Lipinski definition) is 8. The van der Waals surface area contributed by atoms with Gasteiger partial charge in [-0.2, -0.15) is 4.98 Å². The number of amides is 1. The summed E-state index contributed by atoms with van der Waals surface area (Å²) in [5, 5.41) is 6.89. The van der Waals surface area contributed by atoms with Crippen molar-refractivity contribution in [1.82, 2.24) is 30.0 Å². The van der Waals surface area contributed by atoms with Crippen LogP contribution in [0.5, 0.6) is 11.5 Å². The summed E-state index contributed by atoms with van der Waals surface area (Å²) >= 11 is 0. The van der Waals surface area contributed by atoms with Crippen LogP contribution in [0.4, 0.5) is 0 Å². The van der Waals surface area contributed by atoms with Gasteiger partial charge in [-0.1, -0.05) is 11.2 Å². The molecule has 1 aliphatic carbocycles. The molecule has 10 nitrogen and oxygen atoms in total. The van der Waals surface area contributed by atoms with Gasteiger partial charge in [0.25, 0.3) is 11.8 Å². The highest BCUT2D eigenvalue weighted by Crippen LogP contribution is 2.38. The van der Waals surface area contributed by atoms with Crippen LogP contribution >= 0.6 is 0 Å². The van der Waals surface area contributed by atoms with Crippen LogP contribution in [0.25, 0.3) is 17.3 Å². The number of rotatable bonds is 8. The van der Waals surface area contributed by atoms with Crippen LogP contribution in [-0.2, 0) is 6.54 Å². The topological polar surface area (TPSA) is 117 Å². The van der Waals surface area contributed by atoms with Crippen molar-refractivity contribution >= 4 is 5.91 Å². The SMILES string of the molecule is COc1ccc(CNC(=O)c2cn(-c3ccc(-c4nc(C5CC5)no4)cn3)cn2)cc1OC. The molecule has 0 atom stereocenters. The largest absolute Gasteiger partial charge is 0.493 e. The lowest BCUT2D eigenvalue weighted by Gasteiger charge is -2.10. The van der Waals surface area contributed by atoms with Gasteiger partial charge in [0.15, 0.2) is 17.3 Å². The molecule has 168 valence electrons. The zero-order valence-corrected chi connectivity index (χ0v) is 18.2. The lowest BCUT2D eigenvalue weighted by molar-refractivity contribution is 0.0946. The number of imidazole rings is 1. The lowest BCUT2D eigenvalue weighted by Crippen LogP contribution is -2.23. The number of pyridine rings is 1. The van der Waals surface area contributed by atoms with Crippen molar-refractivity contribution in [3.8, 4) is 28.8 Å². The smallest absolute Gasteiger partial charge is 0.271 e. The highest BCUT2D eigenvalue weighted by Gasteiger charge is 2.29. The van der Waals surface area contributed by atoms with E-state index in [2.05, 4.69) is 25.4 Å². The van der Waals surface area contributed by atoms with Gasteiger partial charge in [0.1, 0.15) is 17.8 Å². The molecule has 3 aromatic heterocycles. The van der Waals surface area contributed by atoms with Crippen LogP contribution in [-0.4, -0.2) is 44.8 Å². The third-order valence-electron chi connectivity index (χ3n) is 5.36. The highest BCUT2D eigenvalue weighted by molar-refractivity contribution is 5.92. The van der Waals surface area contributed by atoms with Gasteiger partial charge in [-0.05, 0) is 42.7 Å². The van der Waals surface area contributed by atoms with Gasteiger partial charge in [-0.15, -0.1) is 0 Å². The van der Waals surface area contributed by atoms with Crippen molar-refractivity contribution in [1.29, 1.82) is 0 Å². The molecule has 0 unspecified atom stereocenters. The summed E-state index contributed by atoms with van der Waals surface area (Å²) in [4.78, 5) is 25.6. The molecule has 1 aliphatic rings. The van der Waals surface area contributed by atoms with Gasteiger partial charge in [0.05, 0.1) is 19.8 Å². The van der Waals surface area contributed by atoms with Crippen molar-refractivity contribution < 1.29 is 18.8 Å². The first-order valence-corrected chi connectivity index (χ1v) is 10.5. The van der Waals surface area contributed by atoms with E-state index in [1.807, 2.05) is 24.3 Å². The number of methoxy groups -OCH3 is 2.